The molecule has 1 heterocycles. The summed E-state index contributed by atoms with van der Waals surface area (Å²) in [6.07, 6.45) is 0. The molecule has 1 aromatic heterocycles. The van der Waals surface area contributed by atoms with Gasteiger partial charge in [-0.2, -0.15) is 0 Å². The van der Waals surface area contributed by atoms with Crippen LogP contribution in [-0.2, 0) is 11.3 Å². The molecule has 2 rings (SSSR count). The Labute approximate surface area is 124 Å². The van der Waals surface area contributed by atoms with Crippen molar-refractivity contribution < 1.29 is 9.18 Å². The van der Waals surface area contributed by atoms with Crippen molar-refractivity contribution in [2.75, 3.05) is 18.1 Å². The van der Waals surface area contributed by atoms with Gasteiger partial charge in [0, 0.05) is 13.6 Å². The number of hydrogen-bond donors (Lipinski definition) is 2. The number of anilines is 1. The van der Waals surface area contributed by atoms with Crippen molar-refractivity contribution in [3.05, 3.63) is 35.6 Å². The lowest BCUT2D eigenvalue weighted by molar-refractivity contribution is -0.118. The maximum absolute atomic E-state index is 12.7. The van der Waals surface area contributed by atoms with Gasteiger partial charge in [-0.1, -0.05) is 35.2 Å². The number of carbonyl (C=O) groups excluding carboxylic acids is 1. The first kappa shape index (κ1) is 14.7. The molecule has 2 aromatic rings. The molecule has 0 aliphatic rings. The van der Waals surface area contributed by atoms with Crippen LogP contribution in [0.4, 0.5) is 9.52 Å². The molecule has 0 fully saturated rings. The number of aromatic nitrogens is 2. The molecule has 8 heteroatoms. The summed E-state index contributed by atoms with van der Waals surface area (Å²) in [5.41, 5.74) is 0.859. The molecule has 106 valence electrons. The third-order valence-corrected chi connectivity index (χ3v) is 4.42. The highest BCUT2D eigenvalue weighted by atomic mass is 32.2. The standard InChI is InChI=1S/C12H13FN4OS2/c1-14-11-16-17-12(20-11)19-7-10(18)15-6-8-2-4-9(13)5-3-8/h2-5H,6-7H2,1H3,(H,14,16)(H,15,18). The monoisotopic (exact) mass is 312 g/mol. The maximum atomic E-state index is 12.7. The van der Waals surface area contributed by atoms with Crippen LogP contribution in [0.5, 0.6) is 0 Å². The molecule has 1 aromatic carbocycles. The number of thioether (sulfide) groups is 1. The molecule has 1 amide bonds. The second-order valence-electron chi connectivity index (χ2n) is 3.81. The number of amides is 1. The predicted molar refractivity (Wildman–Crippen MR) is 78.4 cm³/mol. The SMILES string of the molecule is CNc1nnc(SCC(=O)NCc2ccc(F)cc2)s1. The molecule has 0 spiro atoms. The number of carbonyl (C=O) groups is 1. The molecule has 0 aliphatic carbocycles. The number of nitrogens with one attached hydrogen (secondary N) is 2. The highest BCUT2D eigenvalue weighted by Gasteiger charge is 2.07. The van der Waals surface area contributed by atoms with E-state index in [9.17, 15) is 9.18 Å². The van der Waals surface area contributed by atoms with Crippen LogP contribution in [0, 0.1) is 5.82 Å². The predicted octanol–water partition coefficient (Wildman–Crippen LogP) is 2.13. The van der Waals surface area contributed by atoms with E-state index in [1.165, 1.54) is 35.2 Å². The van der Waals surface area contributed by atoms with Crippen molar-refractivity contribution in [3.8, 4) is 0 Å². The van der Waals surface area contributed by atoms with Crippen molar-refractivity contribution in [1.82, 2.24) is 15.5 Å². The number of benzene rings is 1. The van der Waals surface area contributed by atoms with Crippen molar-refractivity contribution in [3.63, 3.8) is 0 Å². The van der Waals surface area contributed by atoms with Gasteiger partial charge < -0.3 is 10.6 Å². The first-order valence-corrected chi connectivity index (χ1v) is 7.63. The minimum Gasteiger partial charge on any atom is -0.363 e. The van der Waals surface area contributed by atoms with Crippen molar-refractivity contribution in [2.24, 2.45) is 0 Å². The van der Waals surface area contributed by atoms with Gasteiger partial charge in [-0.25, -0.2) is 4.39 Å². The Balaban J connectivity index is 1.74. The van der Waals surface area contributed by atoms with Crippen LogP contribution in [0.15, 0.2) is 28.6 Å². The topological polar surface area (TPSA) is 66.9 Å². The lowest BCUT2D eigenvalue weighted by Gasteiger charge is -2.04. The zero-order valence-electron chi connectivity index (χ0n) is 10.7. The Bertz CT molecular complexity index is 573. The zero-order chi connectivity index (χ0) is 14.4. The number of nitrogens with zero attached hydrogens (tertiary/aromatic N) is 2. The summed E-state index contributed by atoms with van der Waals surface area (Å²) in [7, 11) is 1.77. The highest BCUT2D eigenvalue weighted by Crippen LogP contribution is 2.24. The molecule has 0 unspecified atom stereocenters. The smallest absolute Gasteiger partial charge is 0.230 e. The summed E-state index contributed by atoms with van der Waals surface area (Å²) in [4.78, 5) is 11.7. The maximum Gasteiger partial charge on any atom is 0.230 e. The quantitative estimate of drug-likeness (QED) is 0.800. The van der Waals surface area contributed by atoms with Gasteiger partial charge >= 0.3 is 0 Å². The Morgan fingerprint density at radius 2 is 2.10 bits per heavy atom. The summed E-state index contributed by atoms with van der Waals surface area (Å²) < 4.78 is 13.5. The average Bonchev–Trinajstić information content (AvgIpc) is 2.92. The minimum absolute atomic E-state index is 0.0967. The summed E-state index contributed by atoms with van der Waals surface area (Å²) in [5.74, 6) is -0.104. The van der Waals surface area contributed by atoms with Crippen LogP contribution in [0.3, 0.4) is 0 Å². The van der Waals surface area contributed by atoms with Crippen LogP contribution in [-0.4, -0.2) is 28.9 Å². The molecule has 2 N–H and O–H groups in total. The zero-order valence-corrected chi connectivity index (χ0v) is 12.4. The van der Waals surface area contributed by atoms with E-state index in [-0.39, 0.29) is 17.5 Å². The Hall–Kier alpha value is -1.67. The van der Waals surface area contributed by atoms with Gasteiger partial charge in [-0.05, 0) is 17.7 Å². The Morgan fingerprint density at radius 1 is 1.35 bits per heavy atom. The van der Waals surface area contributed by atoms with Gasteiger partial charge in [0.05, 0.1) is 5.75 Å². The molecule has 5 nitrogen and oxygen atoms in total. The normalized spacial score (nSPS) is 10.3. The van der Waals surface area contributed by atoms with E-state index in [0.29, 0.717) is 6.54 Å². The van der Waals surface area contributed by atoms with Gasteiger partial charge in [-0.15, -0.1) is 10.2 Å². The Kier molecular flexibility index (Phi) is 5.31. The van der Waals surface area contributed by atoms with Crippen molar-refractivity contribution >= 4 is 34.1 Å². The second kappa shape index (κ2) is 7.20. The molecule has 0 saturated carbocycles. The van der Waals surface area contributed by atoms with Gasteiger partial charge in [0.25, 0.3) is 0 Å². The van der Waals surface area contributed by atoms with Crippen molar-refractivity contribution in [2.45, 2.75) is 10.9 Å². The molecule has 20 heavy (non-hydrogen) atoms. The number of halogens is 1. The van der Waals surface area contributed by atoms with E-state index in [1.54, 1.807) is 19.2 Å². The molecule has 0 saturated heterocycles. The first-order valence-electron chi connectivity index (χ1n) is 5.82. The Morgan fingerprint density at radius 3 is 2.75 bits per heavy atom. The van der Waals surface area contributed by atoms with E-state index in [1.807, 2.05) is 0 Å². The summed E-state index contributed by atoms with van der Waals surface area (Å²) in [6.45, 7) is 0.386. The third kappa shape index (κ3) is 4.46. The van der Waals surface area contributed by atoms with E-state index < -0.39 is 0 Å². The van der Waals surface area contributed by atoms with E-state index >= 15 is 0 Å². The molecule has 0 bridgehead atoms. The van der Waals surface area contributed by atoms with E-state index in [4.69, 9.17) is 0 Å². The van der Waals surface area contributed by atoms with Crippen LogP contribution in [0.2, 0.25) is 0 Å². The molecule has 0 atom stereocenters. The van der Waals surface area contributed by atoms with Gasteiger partial charge in [0.1, 0.15) is 5.82 Å². The fraction of sp³-hybridized carbons (Fsp3) is 0.250. The fourth-order valence-corrected chi connectivity index (χ4v) is 2.89. The fourth-order valence-electron chi connectivity index (χ4n) is 1.35. The summed E-state index contributed by atoms with van der Waals surface area (Å²) in [6, 6.07) is 6.03. The summed E-state index contributed by atoms with van der Waals surface area (Å²) in [5, 5.41) is 14.2. The second-order valence-corrected chi connectivity index (χ2v) is 6.01. The van der Waals surface area contributed by atoms with Crippen LogP contribution in [0.1, 0.15) is 5.56 Å². The lowest BCUT2D eigenvalue weighted by Crippen LogP contribution is -2.24. The number of rotatable bonds is 6. The number of hydrogen-bond acceptors (Lipinski definition) is 6. The van der Waals surface area contributed by atoms with Gasteiger partial charge in [-0.3, -0.25) is 4.79 Å². The summed E-state index contributed by atoms with van der Waals surface area (Å²) >= 11 is 2.73. The van der Waals surface area contributed by atoms with Crippen molar-refractivity contribution in [1.29, 1.82) is 0 Å². The largest absolute Gasteiger partial charge is 0.363 e. The van der Waals surface area contributed by atoms with E-state index in [2.05, 4.69) is 20.8 Å². The average molecular weight is 312 g/mol. The third-order valence-electron chi connectivity index (χ3n) is 2.35. The van der Waals surface area contributed by atoms with Gasteiger partial charge in [0.2, 0.25) is 11.0 Å². The van der Waals surface area contributed by atoms with Crippen LogP contribution in [0.25, 0.3) is 0 Å². The van der Waals surface area contributed by atoms with Crippen LogP contribution < -0.4 is 10.6 Å². The molecule has 0 aliphatic heterocycles. The highest BCUT2D eigenvalue weighted by molar-refractivity contribution is 8.01. The van der Waals surface area contributed by atoms with E-state index in [0.717, 1.165) is 15.0 Å². The first-order chi connectivity index (χ1) is 9.67. The van der Waals surface area contributed by atoms with Crippen LogP contribution >= 0.6 is 23.1 Å². The lowest BCUT2D eigenvalue weighted by atomic mass is 10.2. The molecular weight excluding hydrogens is 299 g/mol. The molecule has 0 radical (unpaired) electrons. The molecular formula is C12H13FN4OS2. The van der Waals surface area contributed by atoms with Gasteiger partial charge in [0.15, 0.2) is 4.34 Å². The minimum atomic E-state index is -0.285.